The zero-order chi connectivity index (χ0) is 15.2. The van der Waals surface area contributed by atoms with E-state index in [9.17, 15) is 9.59 Å². The van der Waals surface area contributed by atoms with Crippen LogP contribution in [-0.4, -0.2) is 26.7 Å². The van der Waals surface area contributed by atoms with Crippen LogP contribution >= 0.6 is 0 Å². The molecule has 2 rings (SSSR count). The highest BCUT2D eigenvalue weighted by Crippen LogP contribution is 2.23. The van der Waals surface area contributed by atoms with Gasteiger partial charge >= 0.3 is 11.9 Å². The number of hydrogen-bond acceptors (Lipinski definition) is 2. The van der Waals surface area contributed by atoms with Crippen LogP contribution in [0.15, 0.2) is 42.5 Å². The molecule has 2 N–H and O–H groups in total. The first-order chi connectivity index (χ1) is 10.1. The Kier molecular flexibility index (Phi) is 4.77. The average molecular weight is 287 g/mol. The molecular weight excluding hydrogens is 270 g/mol. The first kappa shape index (κ1) is 14.8. The molecule has 0 saturated carbocycles. The third-order valence-electron chi connectivity index (χ3n) is 3.28. The quantitative estimate of drug-likeness (QED) is 0.820. The Hall–Kier alpha value is -2.56. The molecule has 110 valence electrons. The number of aromatic nitrogens is 1. The Labute approximate surface area is 122 Å². The molecule has 5 nitrogen and oxygen atoms in total. The van der Waals surface area contributed by atoms with Gasteiger partial charge in [-0.05, 0) is 24.1 Å². The Balaban J connectivity index is 2.31. The van der Waals surface area contributed by atoms with E-state index in [-0.39, 0.29) is 12.8 Å². The van der Waals surface area contributed by atoms with Crippen molar-refractivity contribution in [1.82, 2.24) is 4.57 Å². The predicted molar refractivity (Wildman–Crippen MR) is 78.1 cm³/mol. The summed E-state index contributed by atoms with van der Waals surface area (Å²) in [5, 5.41) is 17.7. The number of hydrogen-bond donors (Lipinski definition) is 2. The minimum atomic E-state index is -0.869. The number of benzene rings is 1. The van der Waals surface area contributed by atoms with Crippen LogP contribution in [0.25, 0.3) is 11.3 Å². The third kappa shape index (κ3) is 3.95. The standard InChI is InChI=1S/C16H17NO4/c18-15(19)9-7-13-6-8-14(12-4-2-1-3-5-12)17(13)11-10-16(20)21/h1-6,8H,7,9-11H2,(H,18,19)(H,20,21). The van der Waals surface area contributed by atoms with Crippen LogP contribution < -0.4 is 0 Å². The second-order valence-electron chi connectivity index (χ2n) is 4.77. The Morgan fingerprint density at radius 3 is 2.19 bits per heavy atom. The molecular formula is C16H17NO4. The van der Waals surface area contributed by atoms with Crippen LogP contribution in [0, 0.1) is 0 Å². The largest absolute Gasteiger partial charge is 0.481 e. The van der Waals surface area contributed by atoms with E-state index in [4.69, 9.17) is 10.2 Å². The van der Waals surface area contributed by atoms with Crippen molar-refractivity contribution in [2.45, 2.75) is 25.8 Å². The first-order valence-corrected chi connectivity index (χ1v) is 6.75. The van der Waals surface area contributed by atoms with Crippen molar-refractivity contribution in [3.8, 4) is 11.3 Å². The van der Waals surface area contributed by atoms with Gasteiger partial charge in [0.15, 0.2) is 0 Å². The average Bonchev–Trinajstić information content (AvgIpc) is 2.86. The van der Waals surface area contributed by atoms with Gasteiger partial charge in [-0.3, -0.25) is 9.59 Å². The van der Waals surface area contributed by atoms with E-state index in [1.165, 1.54) is 0 Å². The summed E-state index contributed by atoms with van der Waals surface area (Å²) >= 11 is 0. The maximum absolute atomic E-state index is 10.8. The smallest absolute Gasteiger partial charge is 0.305 e. The molecule has 0 amide bonds. The van der Waals surface area contributed by atoms with Crippen molar-refractivity contribution in [3.63, 3.8) is 0 Å². The van der Waals surface area contributed by atoms with Crippen molar-refractivity contribution >= 4 is 11.9 Å². The fourth-order valence-corrected chi connectivity index (χ4v) is 2.30. The summed E-state index contributed by atoms with van der Waals surface area (Å²) in [6.07, 6.45) is 0.432. The highest BCUT2D eigenvalue weighted by molar-refractivity contribution is 5.68. The van der Waals surface area contributed by atoms with Gasteiger partial charge in [0, 0.05) is 17.9 Å². The number of carbonyl (C=O) groups is 2. The van der Waals surface area contributed by atoms with E-state index in [0.29, 0.717) is 13.0 Å². The molecule has 0 atom stereocenters. The van der Waals surface area contributed by atoms with Crippen molar-refractivity contribution in [3.05, 3.63) is 48.2 Å². The Morgan fingerprint density at radius 1 is 0.905 bits per heavy atom. The molecule has 1 heterocycles. The predicted octanol–water partition coefficient (Wildman–Crippen LogP) is 2.65. The van der Waals surface area contributed by atoms with Crippen molar-refractivity contribution in [2.75, 3.05) is 0 Å². The normalized spacial score (nSPS) is 10.5. The van der Waals surface area contributed by atoms with Crippen LogP contribution in [-0.2, 0) is 22.6 Å². The van der Waals surface area contributed by atoms with E-state index in [2.05, 4.69) is 0 Å². The van der Waals surface area contributed by atoms with Crippen molar-refractivity contribution < 1.29 is 19.8 Å². The molecule has 0 aliphatic rings. The summed E-state index contributed by atoms with van der Waals surface area (Å²) in [6, 6.07) is 13.4. The summed E-state index contributed by atoms with van der Waals surface area (Å²) < 4.78 is 1.90. The Morgan fingerprint density at radius 2 is 1.57 bits per heavy atom. The van der Waals surface area contributed by atoms with Gasteiger partial charge in [-0.2, -0.15) is 0 Å². The van der Waals surface area contributed by atoms with Gasteiger partial charge in [0.25, 0.3) is 0 Å². The molecule has 1 aromatic carbocycles. The zero-order valence-electron chi connectivity index (χ0n) is 11.5. The van der Waals surface area contributed by atoms with E-state index >= 15 is 0 Å². The lowest BCUT2D eigenvalue weighted by Gasteiger charge is -2.12. The maximum Gasteiger partial charge on any atom is 0.305 e. The molecule has 1 aromatic heterocycles. The van der Waals surface area contributed by atoms with Gasteiger partial charge in [-0.25, -0.2) is 0 Å². The topological polar surface area (TPSA) is 79.5 Å². The molecule has 21 heavy (non-hydrogen) atoms. The second-order valence-corrected chi connectivity index (χ2v) is 4.77. The van der Waals surface area contributed by atoms with E-state index in [0.717, 1.165) is 17.0 Å². The Bertz CT molecular complexity index is 631. The highest BCUT2D eigenvalue weighted by Gasteiger charge is 2.12. The fourth-order valence-electron chi connectivity index (χ4n) is 2.30. The van der Waals surface area contributed by atoms with Gasteiger partial charge in [0.2, 0.25) is 0 Å². The number of rotatable bonds is 7. The van der Waals surface area contributed by atoms with E-state index in [1.807, 2.05) is 47.0 Å². The summed E-state index contributed by atoms with van der Waals surface area (Å²) in [5.41, 5.74) is 2.75. The number of nitrogens with zero attached hydrogens (tertiary/aromatic N) is 1. The number of aryl methyl sites for hydroxylation is 1. The number of aliphatic carboxylic acids is 2. The SMILES string of the molecule is O=C(O)CCc1ccc(-c2ccccc2)n1CCC(=O)O. The van der Waals surface area contributed by atoms with Crippen LogP contribution in [0.5, 0.6) is 0 Å². The molecule has 0 aliphatic heterocycles. The van der Waals surface area contributed by atoms with Crippen molar-refractivity contribution in [1.29, 1.82) is 0 Å². The molecule has 0 spiro atoms. The minimum absolute atomic E-state index is 0.00852. The van der Waals surface area contributed by atoms with Crippen LogP contribution in [0.2, 0.25) is 0 Å². The monoisotopic (exact) mass is 287 g/mol. The van der Waals surface area contributed by atoms with Gasteiger partial charge in [0.05, 0.1) is 12.8 Å². The van der Waals surface area contributed by atoms with Crippen LogP contribution in [0.3, 0.4) is 0 Å². The minimum Gasteiger partial charge on any atom is -0.481 e. The zero-order valence-corrected chi connectivity index (χ0v) is 11.5. The number of carboxylic acid groups (broad SMARTS) is 2. The molecule has 5 heteroatoms. The van der Waals surface area contributed by atoms with Gasteiger partial charge in [-0.1, -0.05) is 30.3 Å². The maximum atomic E-state index is 10.8. The first-order valence-electron chi connectivity index (χ1n) is 6.75. The molecule has 0 saturated heterocycles. The van der Waals surface area contributed by atoms with Gasteiger partial charge in [-0.15, -0.1) is 0 Å². The molecule has 0 aliphatic carbocycles. The van der Waals surface area contributed by atoms with Gasteiger partial charge in [0.1, 0.15) is 0 Å². The van der Waals surface area contributed by atoms with E-state index < -0.39 is 11.9 Å². The number of carboxylic acids is 2. The second kappa shape index (κ2) is 6.74. The molecule has 0 bridgehead atoms. The molecule has 0 radical (unpaired) electrons. The lowest BCUT2D eigenvalue weighted by Crippen LogP contribution is -2.10. The van der Waals surface area contributed by atoms with Gasteiger partial charge < -0.3 is 14.8 Å². The fraction of sp³-hybridized carbons (Fsp3) is 0.250. The lowest BCUT2D eigenvalue weighted by atomic mass is 10.1. The lowest BCUT2D eigenvalue weighted by molar-refractivity contribution is -0.138. The van der Waals surface area contributed by atoms with Crippen molar-refractivity contribution in [2.24, 2.45) is 0 Å². The summed E-state index contributed by atoms with van der Waals surface area (Å²) in [5.74, 6) is -1.73. The van der Waals surface area contributed by atoms with E-state index in [1.54, 1.807) is 0 Å². The van der Waals surface area contributed by atoms with Crippen LogP contribution in [0.1, 0.15) is 18.5 Å². The third-order valence-corrected chi connectivity index (χ3v) is 3.28. The van der Waals surface area contributed by atoms with Crippen LogP contribution in [0.4, 0.5) is 0 Å². The highest BCUT2D eigenvalue weighted by atomic mass is 16.4. The molecule has 2 aromatic rings. The summed E-state index contributed by atoms with van der Waals surface area (Å²) in [4.78, 5) is 21.5. The summed E-state index contributed by atoms with van der Waals surface area (Å²) in [7, 11) is 0. The molecule has 0 fully saturated rings. The molecule has 0 unspecified atom stereocenters. The summed E-state index contributed by atoms with van der Waals surface area (Å²) in [6.45, 7) is 0.335.